The molecule has 0 unspecified atom stereocenters. The van der Waals surface area contributed by atoms with Crippen LogP contribution < -0.4 is 10.1 Å². The summed E-state index contributed by atoms with van der Waals surface area (Å²) in [4.78, 5) is 11.8. The van der Waals surface area contributed by atoms with Gasteiger partial charge in [0.25, 0.3) is 5.91 Å². The molecule has 2 rings (SSSR count). The van der Waals surface area contributed by atoms with Crippen molar-refractivity contribution >= 4 is 46.4 Å². The first-order chi connectivity index (χ1) is 9.95. The topological polar surface area (TPSA) is 38.3 Å². The van der Waals surface area contributed by atoms with Gasteiger partial charge in [0.2, 0.25) is 0 Å². The van der Waals surface area contributed by atoms with Crippen LogP contribution in [0.5, 0.6) is 5.75 Å². The zero-order valence-corrected chi connectivity index (χ0v) is 13.4. The van der Waals surface area contributed by atoms with Crippen LogP contribution in [-0.2, 0) is 4.79 Å². The number of hydrogen-bond donors (Lipinski definition) is 1. The Balaban J connectivity index is 1.94. The van der Waals surface area contributed by atoms with Crippen LogP contribution in [-0.4, -0.2) is 12.5 Å². The van der Waals surface area contributed by atoms with Gasteiger partial charge in [-0.15, -0.1) is 0 Å². The lowest BCUT2D eigenvalue weighted by Gasteiger charge is -2.09. The van der Waals surface area contributed by atoms with Gasteiger partial charge in [0.1, 0.15) is 5.75 Å². The van der Waals surface area contributed by atoms with Crippen molar-refractivity contribution in [2.45, 2.75) is 6.92 Å². The summed E-state index contributed by atoms with van der Waals surface area (Å²) < 4.78 is 5.34. The van der Waals surface area contributed by atoms with Crippen molar-refractivity contribution in [3.8, 4) is 5.75 Å². The Morgan fingerprint density at radius 3 is 2.48 bits per heavy atom. The molecule has 0 bridgehead atoms. The molecule has 3 nitrogen and oxygen atoms in total. The maximum Gasteiger partial charge on any atom is 0.262 e. The molecule has 0 heterocycles. The van der Waals surface area contributed by atoms with E-state index in [1.807, 2.05) is 13.0 Å². The summed E-state index contributed by atoms with van der Waals surface area (Å²) >= 11 is 17.7. The van der Waals surface area contributed by atoms with E-state index in [9.17, 15) is 4.79 Å². The molecular weight excluding hydrogens is 333 g/mol. The summed E-state index contributed by atoms with van der Waals surface area (Å²) in [7, 11) is 0. The fraction of sp³-hybridized carbons (Fsp3) is 0.133. The second-order valence-corrected chi connectivity index (χ2v) is 5.62. The number of aryl methyl sites for hydroxylation is 1. The first-order valence-electron chi connectivity index (χ1n) is 6.09. The first kappa shape index (κ1) is 16.0. The molecule has 1 N–H and O–H groups in total. The number of anilines is 1. The van der Waals surface area contributed by atoms with E-state index in [0.29, 0.717) is 26.5 Å². The molecule has 6 heteroatoms. The molecule has 0 aliphatic carbocycles. The summed E-state index contributed by atoms with van der Waals surface area (Å²) in [6, 6.07) is 10.2. The van der Waals surface area contributed by atoms with Crippen LogP contribution >= 0.6 is 34.8 Å². The number of benzene rings is 2. The van der Waals surface area contributed by atoms with Crippen molar-refractivity contribution < 1.29 is 9.53 Å². The number of amides is 1. The Kier molecular flexibility index (Phi) is 5.34. The van der Waals surface area contributed by atoms with Gasteiger partial charge in [0, 0.05) is 6.07 Å². The van der Waals surface area contributed by atoms with Gasteiger partial charge >= 0.3 is 0 Å². The number of ether oxygens (including phenoxy) is 1. The average Bonchev–Trinajstić information content (AvgIpc) is 2.43. The van der Waals surface area contributed by atoms with Gasteiger partial charge in [-0.1, -0.05) is 40.9 Å². The Hall–Kier alpha value is -1.42. The van der Waals surface area contributed by atoms with E-state index in [-0.39, 0.29) is 12.5 Å². The highest BCUT2D eigenvalue weighted by atomic mass is 35.5. The van der Waals surface area contributed by atoms with E-state index in [1.165, 1.54) is 0 Å². The van der Waals surface area contributed by atoms with E-state index in [1.54, 1.807) is 30.3 Å². The standard InChI is InChI=1S/C15H12Cl3NO2/c1-9-2-5-14(13(18)6-9)19-15(20)8-21-10-3-4-11(16)12(17)7-10/h2-7H,8H2,1H3,(H,19,20). The van der Waals surface area contributed by atoms with Crippen molar-refractivity contribution in [2.75, 3.05) is 11.9 Å². The van der Waals surface area contributed by atoms with Gasteiger partial charge in [-0.25, -0.2) is 0 Å². The lowest BCUT2D eigenvalue weighted by molar-refractivity contribution is -0.118. The zero-order valence-electron chi connectivity index (χ0n) is 11.1. The lowest BCUT2D eigenvalue weighted by atomic mass is 10.2. The van der Waals surface area contributed by atoms with Gasteiger partial charge in [-0.3, -0.25) is 4.79 Å². The van der Waals surface area contributed by atoms with Crippen LogP contribution in [0.25, 0.3) is 0 Å². The molecule has 0 aromatic heterocycles. The molecule has 21 heavy (non-hydrogen) atoms. The highest BCUT2D eigenvalue weighted by molar-refractivity contribution is 6.42. The number of hydrogen-bond acceptors (Lipinski definition) is 2. The molecule has 1 amide bonds. The minimum atomic E-state index is -0.313. The van der Waals surface area contributed by atoms with Crippen molar-refractivity contribution in [1.82, 2.24) is 0 Å². The maximum atomic E-state index is 11.8. The fourth-order valence-electron chi connectivity index (χ4n) is 1.62. The molecule has 0 fully saturated rings. The van der Waals surface area contributed by atoms with Crippen molar-refractivity contribution in [1.29, 1.82) is 0 Å². The fourth-order valence-corrected chi connectivity index (χ4v) is 2.19. The number of carbonyl (C=O) groups is 1. The summed E-state index contributed by atoms with van der Waals surface area (Å²) in [6.07, 6.45) is 0. The monoisotopic (exact) mass is 343 g/mol. The summed E-state index contributed by atoms with van der Waals surface area (Å²) in [5, 5.41) is 3.96. The SMILES string of the molecule is Cc1ccc(NC(=O)COc2ccc(Cl)c(Cl)c2)c(Cl)c1. The van der Waals surface area contributed by atoms with Crippen molar-refractivity contribution in [3.05, 3.63) is 57.0 Å². The molecule has 0 radical (unpaired) electrons. The second-order valence-electron chi connectivity index (χ2n) is 4.40. The molecule has 0 saturated heterocycles. The van der Waals surface area contributed by atoms with Crippen LogP contribution in [0.1, 0.15) is 5.56 Å². The zero-order chi connectivity index (χ0) is 15.4. The number of halogens is 3. The van der Waals surface area contributed by atoms with E-state index in [4.69, 9.17) is 39.5 Å². The molecule has 0 spiro atoms. The quantitative estimate of drug-likeness (QED) is 0.850. The predicted molar refractivity (Wildman–Crippen MR) is 86.8 cm³/mol. The minimum absolute atomic E-state index is 0.151. The summed E-state index contributed by atoms with van der Waals surface area (Å²) in [6.45, 7) is 1.77. The maximum absolute atomic E-state index is 11.8. The molecule has 0 saturated carbocycles. The van der Waals surface area contributed by atoms with Gasteiger partial charge in [0.15, 0.2) is 6.61 Å². The number of rotatable bonds is 4. The Morgan fingerprint density at radius 2 is 1.81 bits per heavy atom. The van der Waals surface area contributed by atoms with Gasteiger partial charge < -0.3 is 10.1 Å². The van der Waals surface area contributed by atoms with Crippen LogP contribution in [0.2, 0.25) is 15.1 Å². The van der Waals surface area contributed by atoms with Gasteiger partial charge in [-0.05, 0) is 36.8 Å². The normalized spacial score (nSPS) is 10.3. The molecule has 110 valence electrons. The van der Waals surface area contributed by atoms with Crippen LogP contribution in [0.4, 0.5) is 5.69 Å². The molecular formula is C15H12Cl3NO2. The van der Waals surface area contributed by atoms with Gasteiger partial charge in [-0.2, -0.15) is 0 Å². The third-order valence-corrected chi connectivity index (χ3v) is 3.71. The van der Waals surface area contributed by atoms with E-state index in [0.717, 1.165) is 5.56 Å². The third kappa shape index (κ3) is 4.53. The molecule has 0 aliphatic heterocycles. The Morgan fingerprint density at radius 1 is 1.05 bits per heavy atom. The Bertz CT molecular complexity index is 674. The molecule has 2 aromatic rings. The van der Waals surface area contributed by atoms with Gasteiger partial charge in [0.05, 0.1) is 20.8 Å². The summed E-state index contributed by atoms with van der Waals surface area (Å²) in [5.41, 5.74) is 1.56. The third-order valence-electron chi connectivity index (χ3n) is 2.66. The second kappa shape index (κ2) is 7.03. The van der Waals surface area contributed by atoms with E-state index in [2.05, 4.69) is 5.32 Å². The minimum Gasteiger partial charge on any atom is -0.484 e. The first-order valence-corrected chi connectivity index (χ1v) is 7.23. The highest BCUT2D eigenvalue weighted by Crippen LogP contribution is 2.26. The van der Waals surface area contributed by atoms with Crippen LogP contribution in [0, 0.1) is 6.92 Å². The number of nitrogens with one attached hydrogen (secondary N) is 1. The van der Waals surface area contributed by atoms with Crippen molar-refractivity contribution in [3.63, 3.8) is 0 Å². The molecule has 0 atom stereocenters. The Labute approximate surface area is 137 Å². The summed E-state index contributed by atoms with van der Waals surface area (Å²) in [5.74, 6) is 0.154. The number of carbonyl (C=O) groups excluding carboxylic acids is 1. The van der Waals surface area contributed by atoms with Crippen LogP contribution in [0.3, 0.4) is 0 Å². The predicted octanol–water partition coefficient (Wildman–Crippen LogP) is 4.97. The van der Waals surface area contributed by atoms with E-state index >= 15 is 0 Å². The highest BCUT2D eigenvalue weighted by Gasteiger charge is 2.08. The molecule has 2 aromatic carbocycles. The lowest BCUT2D eigenvalue weighted by Crippen LogP contribution is -2.20. The largest absolute Gasteiger partial charge is 0.484 e. The average molecular weight is 345 g/mol. The smallest absolute Gasteiger partial charge is 0.262 e. The van der Waals surface area contributed by atoms with E-state index < -0.39 is 0 Å². The van der Waals surface area contributed by atoms with Crippen LogP contribution in [0.15, 0.2) is 36.4 Å². The van der Waals surface area contributed by atoms with Crippen molar-refractivity contribution in [2.24, 2.45) is 0 Å². The molecule has 0 aliphatic rings.